The number of carbonyl (C=O) groups is 1. The molecule has 0 fully saturated rings. The average molecular weight is 309 g/mol. The van der Waals surface area contributed by atoms with Crippen LogP contribution in [-0.2, 0) is 9.53 Å². The fourth-order valence-corrected chi connectivity index (χ4v) is 1.54. The van der Waals surface area contributed by atoms with Crippen molar-refractivity contribution in [3.63, 3.8) is 0 Å². The van der Waals surface area contributed by atoms with Gasteiger partial charge in [-0.25, -0.2) is 4.79 Å². The fourth-order valence-electron chi connectivity index (χ4n) is 1.16. The number of nitrogens with two attached hydrogens (primary N) is 1. The van der Waals surface area contributed by atoms with Crippen LogP contribution in [0.2, 0.25) is 0 Å². The number of hydrogen-bond donors (Lipinski definition) is 1. The van der Waals surface area contributed by atoms with Crippen LogP contribution in [0.4, 0.5) is 8.78 Å². The Morgan fingerprint density at radius 1 is 1.65 bits per heavy atom. The molecule has 1 rings (SSSR count). The van der Waals surface area contributed by atoms with Crippen molar-refractivity contribution < 1.29 is 18.3 Å². The van der Waals surface area contributed by atoms with Gasteiger partial charge in [-0.1, -0.05) is 0 Å². The first-order valence-electron chi connectivity index (χ1n) is 4.80. The van der Waals surface area contributed by atoms with E-state index in [1.807, 2.05) is 0 Å². The maximum absolute atomic E-state index is 13.6. The van der Waals surface area contributed by atoms with Crippen molar-refractivity contribution >= 4 is 21.9 Å². The molecule has 0 saturated heterocycles. The summed E-state index contributed by atoms with van der Waals surface area (Å²) in [4.78, 5) is 14.8. The largest absolute Gasteiger partial charge is 0.462 e. The van der Waals surface area contributed by atoms with Crippen molar-refractivity contribution in [1.29, 1.82) is 0 Å². The summed E-state index contributed by atoms with van der Waals surface area (Å²) in [6, 6.07) is -0.406. The maximum atomic E-state index is 13.6. The SMILES string of the molecule is CCOC(=O)C(F)(F)[C@@H](N)c1cncc(Br)c1. The van der Waals surface area contributed by atoms with Crippen LogP contribution >= 0.6 is 15.9 Å². The Kier molecular flexibility index (Phi) is 4.53. The van der Waals surface area contributed by atoms with Crippen LogP contribution in [0.1, 0.15) is 18.5 Å². The number of carbonyl (C=O) groups excluding carboxylic acids is 1. The van der Waals surface area contributed by atoms with Crippen molar-refractivity contribution in [2.24, 2.45) is 5.73 Å². The lowest BCUT2D eigenvalue weighted by Crippen LogP contribution is -2.41. The summed E-state index contributed by atoms with van der Waals surface area (Å²) in [5.41, 5.74) is 5.41. The number of ether oxygens (including phenoxy) is 1. The summed E-state index contributed by atoms with van der Waals surface area (Å²) in [6.07, 6.45) is 2.61. The molecule has 0 aliphatic rings. The van der Waals surface area contributed by atoms with E-state index in [9.17, 15) is 13.6 Å². The van der Waals surface area contributed by atoms with Gasteiger partial charge in [-0.2, -0.15) is 8.78 Å². The van der Waals surface area contributed by atoms with Gasteiger partial charge in [0.05, 0.1) is 6.61 Å². The molecule has 94 valence electrons. The molecular formula is C10H11BrF2N2O2. The van der Waals surface area contributed by atoms with Crippen LogP contribution in [0.3, 0.4) is 0 Å². The topological polar surface area (TPSA) is 65.2 Å². The Morgan fingerprint density at radius 3 is 2.82 bits per heavy atom. The molecule has 0 aromatic carbocycles. The van der Waals surface area contributed by atoms with Crippen molar-refractivity contribution in [2.75, 3.05) is 6.61 Å². The molecule has 17 heavy (non-hydrogen) atoms. The molecule has 0 unspecified atom stereocenters. The predicted octanol–water partition coefficient (Wildman–Crippen LogP) is 2.04. The molecule has 4 nitrogen and oxygen atoms in total. The first-order chi connectivity index (χ1) is 7.89. The molecule has 0 aliphatic heterocycles. The molecule has 0 radical (unpaired) electrons. The van der Waals surface area contributed by atoms with Crippen LogP contribution < -0.4 is 5.73 Å². The number of halogens is 3. The first-order valence-corrected chi connectivity index (χ1v) is 5.60. The molecule has 1 aromatic heterocycles. The van der Waals surface area contributed by atoms with Crippen molar-refractivity contribution in [3.8, 4) is 0 Å². The van der Waals surface area contributed by atoms with Gasteiger partial charge < -0.3 is 10.5 Å². The quantitative estimate of drug-likeness (QED) is 0.865. The van der Waals surface area contributed by atoms with E-state index in [2.05, 4.69) is 25.7 Å². The molecule has 1 heterocycles. The van der Waals surface area contributed by atoms with Gasteiger partial charge in [0.2, 0.25) is 0 Å². The minimum atomic E-state index is -3.78. The molecule has 0 saturated carbocycles. The molecular weight excluding hydrogens is 298 g/mol. The van der Waals surface area contributed by atoms with E-state index in [0.29, 0.717) is 4.47 Å². The Bertz CT molecular complexity index is 415. The maximum Gasteiger partial charge on any atom is 0.379 e. The van der Waals surface area contributed by atoms with Gasteiger partial charge in [-0.05, 0) is 34.5 Å². The lowest BCUT2D eigenvalue weighted by Gasteiger charge is -2.21. The summed E-state index contributed by atoms with van der Waals surface area (Å²) >= 11 is 3.09. The van der Waals surface area contributed by atoms with E-state index < -0.39 is 17.9 Å². The second-order valence-electron chi connectivity index (χ2n) is 3.26. The first kappa shape index (κ1) is 14.0. The third kappa shape index (κ3) is 3.19. The van der Waals surface area contributed by atoms with E-state index in [1.165, 1.54) is 25.4 Å². The second-order valence-corrected chi connectivity index (χ2v) is 4.17. The van der Waals surface area contributed by atoms with E-state index in [1.54, 1.807) is 0 Å². The summed E-state index contributed by atoms with van der Waals surface area (Å²) in [6.45, 7) is 1.32. The lowest BCUT2D eigenvalue weighted by molar-refractivity contribution is -0.174. The Hall–Kier alpha value is -1.08. The van der Waals surface area contributed by atoms with Crippen LogP contribution in [-0.4, -0.2) is 23.5 Å². The number of aromatic nitrogens is 1. The highest BCUT2D eigenvalue weighted by atomic mass is 79.9. The average Bonchev–Trinajstić information content (AvgIpc) is 2.28. The molecule has 2 N–H and O–H groups in total. The molecule has 0 amide bonds. The van der Waals surface area contributed by atoms with Gasteiger partial charge in [-0.15, -0.1) is 0 Å². The number of esters is 1. The van der Waals surface area contributed by atoms with Crippen molar-refractivity contribution in [2.45, 2.75) is 18.9 Å². The number of rotatable bonds is 4. The van der Waals surface area contributed by atoms with Gasteiger partial charge in [0.15, 0.2) is 0 Å². The lowest BCUT2D eigenvalue weighted by atomic mass is 10.0. The Labute approximate surface area is 105 Å². The number of pyridine rings is 1. The Morgan fingerprint density at radius 2 is 2.29 bits per heavy atom. The monoisotopic (exact) mass is 308 g/mol. The molecule has 0 aliphatic carbocycles. The van der Waals surface area contributed by atoms with E-state index >= 15 is 0 Å². The van der Waals surface area contributed by atoms with E-state index in [-0.39, 0.29) is 12.2 Å². The van der Waals surface area contributed by atoms with E-state index in [0.717, 1.165) is 0 Å². The zero-order valence-electron chi connectivity index (χ0n) is 8.99. The Balaban J connectivity index is 2.95. The predicted molar refractivity (Wildman–Crippen MR) is 60.4 cm³/mol. The molecule has 0 bridgehead atoms. The van der Waals surface area contributed by atoms with Crippen LogP contribution in [0, 0.1) is 0 Å². The molecule has 1 atom stereocenters. The smallest absolute Gasteiger partial charge is 0.379 e. The number of alkyl halides is 2. The summed E-state index contributed by atoms with van der Waals surface area (Å²) in [5.74, 6) is -5.41. The fraction of sp³-hybridized carbons (Fsp3) is 0.400. The highest BCUT2D eigenvalue weighted by Gasteiger charge is 2.47. The van der Waals surface area contributed by atoms with E-state index in [4.69, 9.17) is 5.73 Å². The standard InChI is InChI=1S/C10H11BrF2N2O2/c1-2-17-9(16)10(12,13)8(14)6-3-7(11)5-15-4-6/h3-5,8H,2,14H2,1H3/t8-/m0/s1. The van der Waals surface area contributed by atoms with Gasteiger partial charge in [0.25, 0.3) is 0 Å². The molecule has 0 spiro atoms. The zero-order valence-corrected chi connectivity index (χ0v) is 10.6. The highest BCUT2D eigenvalue weighted by molar-refractivity contribution is 9.10. The third-order valence-electron chi connectivity index (χ3n) is 2.02. The van der Waals surface area contributed by atoms with Gasteiger partial charge >= 0.3 is 11.9 Å². The normalized spacial score (nSPS) is 13.2. The second kappa shape index (κ2) is 5.50. The summed E-state index contributed by atoms with van der Waals surface area (Å²) in [7, 11) is 0. The third-order valence-corrected chi connectivity index (χ3v) is 2.46. The molecule has 7 heteroatoms. The highest BCUT2D eigenvalue weighted by Crippen LogP contribution is 2.31. The van der Waals surface area contributed by atoms with Crippen molar-refractivity contribution in [3.05, 3.63) is 28.5 Å². The van der Waals surface area contributed by atoms with Gasteiger partial charge in [-0.3, -0.25) is 4.98 Å². The van der Waals surface area contributed by atoms with Gasteiger partial charge in [0.1, 0.15) is 6.04 Å². The number of hydrogen-bond acceptors (Lipinski definition) is 4. The van der Waals surface area contributed by atoms with Crippen LogP contribution in [0.25, 0.3) is 0 Å². The minimum Gasteiger partial charge on any atom is -0.462 e. The summed E-state index contributed by atoms with van der Waals surface area (Å²) < 4.78 is 31.9. The minimum absolute atomic E-state index is 0.0532. The van der Waals surface area contributed by atoms with Crippen LogP contribution in [0.15, 0.2) is 22.9 Å². The summed E-state index contributed by atoms with van der Waals surface area (Å²) in [5, 5.41) is 0. The van der Waals surface area contributed by atoms with Crippen LogP contribution in [0.5, 0.6) is 0 Å². The van der Waals surface area contributed by atoms with Gasteiger partial charge in [0, 0.05) is 16.9 Å². The van der Waals surface area contributed by atoms with Crippen molar-refractivity contribution in [1.82, 2.24) is 4.98 Å². The zero-order chi connectivity index (χ0) is 13.1. The molecule has 1 aromatic rings. The number of nitrogens with zero attached hydrogens (tertiary/aromatic N) is 1.